The number of nitrogens with zero attached hydrogens (tertiary/aromatic N) is 5. The van der Waals surface area contributed by atoms with Gasteiger partial charge in [-0.15, -0.1) is 0 Å². The third-order valence-electron chi connectivity index (χ3n) is 4.51. The molecule has 0 radical (unpaired) electrons. The summed E-state index contributed by atoms with van der Waals surface area (Å²) in [5.74, 6) is -1.36. The quantitative estimate of drug-likeness (QED) is 0.538. The van der Waals surface area contributed by atoms with Gasteiger partial charge >= 0.3 is 12.4 Å². The molecule has 6 nitrogen and oxygen atoms in total. The van der Waals surface area contributed by atoms with Crippen molar-refractivity contribution in [3.05, 3.63) is 49.6 Å². The van der Waals surface area contributed by atoms with E-state index in [-0.39, 0.29) is 39.3 Å². The minimum atomic E-state index is -4.75. The molecule has 158 valence electrons. The zero-order valence-electron chi connectivity index (χ0n) is 14.4. The Kier molecular flexibility index (Phi) is 4.62. The summed E-state index contributed by atoms with van der Waals surface area (Å²) in [6.07, 6.45) is -9.30. The van der Waals surface area contributed by atoms with Crippen LogP contribution in [0, 0.1) is 17.2 Å². The Bertz CT molecular complexity index is 1250. The standard InChI is InChI=1S/C16H8ClF6N5OS/c17-10-3-9(15(18,19)20)26-27(10)5-7-2-11(29)28-12(8-1-6(8)4-24)13(16(21,22)23)30-14(28)25-7/h2-3,6,8H,1,5H2. The fourth-order valence-electron chi connectivity index (χ4n) is 3.10. The second kappa shape index (κ2) is 6.71. The molecule has 1 fully saturated rings. The van der Waals surface area contributed by atoms with Crippen LogP contribution in [0.15, 0.2) is 16.9 Å². The summed E-state index contributed by atoms with van der Waals surface area (Å²) in [4.78, 5) is 15.3. The van der Waals surface area contributed by atoms with E-state index in [1.54, 1.807) is 0 Å². The van der Waals surface area contributed by atoms with E-state index in [0.29, 0.717) is 6.07 Å². The number of hydrogen-bond acceptors (Lipinski definition) is 5. The zero-order chi connectivity index (χ0) is 22.0. The van der Waals surface area contributed by atoms with Crippen LogP contribution in [0.1, 0.15) is 34.3 Å². The first kappa shape index (κ1) is 20.7. The largest absolute Gasteiger partial charge is 0.435 e. The van der Waals surface area contributed by atoms with Crippen molar-refractivity contribution in [3.63, 3.8) is 0 Å². The monoisotopic (exact) mass is 467 g/mol. The van der Waals surface area contributed by atoms with Gasteiger partial charge in [0.2, 0.25) is 0 Å². The predicted octanol–water partition coefficient (Wildman–Crippen LogP) is 4.32. The molecule has 0 amide bonds. The van der Waals surface area contributed by atoms with Gasteiger partial charge in [0.25, 0.3) is 5.56 Å². The van der Waals surface area contributed by atoms with Gasteiger partial charge in [-0.1, -0.05) is 22.9 Å². The lowest BCUT2D eigenvalue weighted by atomic mass is 10.2. The van der Waals surface area contributed by atoms with E-state index in [1.807, 2.05) is 6.07 Å². The highest BCUT2D eigenvalue weighted by Gasteiger charge is 2.48. The number of hydrogen-bond donors (Lipinski definition) is 0. The molecule has 1 aliphatic rings. The van der Waals surface area contributed by atoms with Gasteiger partial charge in [0, 0.05) is 18.1 Å². The summed E-state index contributed by atoms with van der Waals surface area (Å²) < 4.78 is 80.3. The van der Waals surface area contributed by atoms with Gasteiger partial charge in [-0.05, 0) is 6.42 Å². The highest BCUT2D eigenvalue weighted by Crippen LogP contribution is 2.52. The summed E-state index contributed by atoms with van der Waals surface area (Å²) in [7, 11) is 0. The van der Waals surface area contributed by atoms with Crippen LogP contribution in [0.2, 0.25) is 5.15 Å². The van der Waals surface area contributed by atoms with Crippen molar-refractivity contribution < 1.29 is 26.3 Å². The van der Waals surface area contributed by atoms with E-state index in [9.17, 15) is 31.1 Å². The third-order valence-corrected chi connectivity index (χ3v) is 5.91. The van der Waals surface area contributed by atoms with Crippen LogP contribution >= 0.6 is 22.9 Å². The Hall–Kier alpha value is -2.59. The molecule has 30 heavy (non-hydrogen) atoms. The fourth-order valence-corrected chi connectivity index (χ4v) is 4.39. The van der Waals surface area contributed by atoms with Gasteiger partial charge in [0.1, 0.15) is 10.0 Å². The van der Waals surface area contributed by atoms with Crippen molar-refractivity contribution in [3.8, 4) is 6.07 Å². The Morgan fingerprint density at radius 3 is 2.47 bits per heavy atom. The average Bonchev–Trinajstić information content (AvgIpc) is 3.14. The summed E-state index contributed by atoms with van der Waals surface area (Å²) in [5, 5.41) is 11.9. The molecular weight excluding hydrogens is 460 g/mol. The second-order valence-electron chi connectivity index (χ2n) is 6.60. The molecule has 0 aliphatic heterocycles. The van der Waals surface area contributed by atoms with Gasteiger partial charge in [-0.3, -0.25) is 9.20 Å². The van der Waals surface area contributed by atoms with E-state index in [2.05, 4.69) is 10.1 Å². The van der Waals surface area contributed by atoms with E-state index < -0.39 is 46.9 Å². The number of alkyl halides is 6. The van der Waals surface area contributed by atoms with Crippen LogP contribution in [-0.2, 0) is 18.9 Å². The molecular formula is C16H8ClF6N5OS. The van der Waals surface area contributed by atoms with Gasteiger partial charge in [0.15, 0.2) is 10.7 Å². The van der Waals surface area contributed by atoms with E-state index >= 15 is 0 Å². The average molecular weight is 468 g/mol. The lowest BCUT2D eigenvalue weighted by Gasteiger charge is -2.07. The molecule has 0 spiro atoms. The lowest BCUT2D eigenvalue weighted by Crippen LogP contribution is -2.19. The van der Waals surface area contributed by atoms with Crippen LogP contribution in [0.3, 0.4) is 0 Å². The predicted molar refractivity (Wildman–Crippen MR) is 92.1 cm³/mol. The van der Waals surface area contributed by atoms with Crippen molar-refractivity contribution in [1.82, 2.24) is 19.2 Å². The first-order valence-electron chi connectivity index (χ1n) is 8.23. The molecule has 1 saturated carbocycles. The molecule has 14 heteroatoms. The maximum absolute atomic E-state index is 13.5. The Morgan fingerprint density at radius 1 is 1.23 bits per heavy atom. The molecule has 3 heterocycles. The van der Waals surface area contributed by atoms with Gasteiger partial charge in [-0.2, -0.15) is 36.7 Å². The van der Waals surface area contributed by atoms with Gasteiger partial charge in [-0.25, -0.2) is 9.67 Å². The summed E-state index contributed by atoms with van der Waals surface area (Å²) in [6.45, 7) is -0.445. The smallest absolute Gasteiger partial charge is 0.269 e. The van der Waals surface area contributed by atoms with Crippen LogP contribution < -0.4 is 5.56 Å². The van der Waals surface area contributed by atoms with Crippen molar-refractivity contribution >= 4 is 27.9 Å². The molecule has 3 aromatic heterocycles. The molecule has 3 aromatic rings. The zero-order valence-corrected chi connectivity index (χ0v) is 16.0. The van der Waals surface area contributed by atoms with Crippen LogP contribution in [0.25, 0.3) is 4.96 Å². The van der Waals surface area contributed by atoms with Crippen LogP contribution in [0.4, 0.5) is 26.3 Å². The van der Waals surface area contributed by atoms with Crippen molar-refractivity contribution in [1.29, 1.82) is 5.26 Å². The third kappa shape index (κ3) is 3.54. The highest BCUT2D eigenvalue weighted by molar-refractivity contribution is 7.17. The van der Waals surface area contributed by atoms with E-state index in [0.717, 1.165) is 15.1 Å². The minimum Gasteiger partial charge on any atom is -0.269 e. The SMILES string of the molecule is N#CC1CC1c1c(C(F)(F)F)sc2nc(Cn3nc(C(F)(F)F)cc3Cl)cc(=O)n12. The van der Waals surface area contributed by atoms with Gasteiger partial charge < -0.3 is 0 Å². The van der Waals surface area contributed by atoms with Crippen molar-refractivity contribution in [2.75, 3.05) is 0 Å². The number of fused-ring (bicyclic) bond motifs is 1. The number of halogens is 7. The summed E-state index contributed by atoms with van der Waals surface area (Å²) >= 11 is 5.98. The Balaban J connectivity index is 1.80. The first-order chi connectivity index (χ1) is 13.9. The van der Waals surface area contributed by atoms with E-state index in [4.69, 9.17) is 16.9 Å². The molecule has 1 aliphatic carbocycles. The second-order valence-corrected chi connectivity index (χ2v) is 7.97. The topological polar surface area (TPSA) is 76.0 Å². The fraction of sp³-hybridized carbons (Fsp3) is 0.375. The number of aromatic nitrogens is 4. The number of nitriles is 1. The molecule has 0 bridgehead atoms. The van der Waals surface area contributed by atoms with E-state index in [1.165, 1.54) is 0 Å². The van der Waals surface area contributed by atoms with Crippen molar-refractivity contribution in [2.45, 2.75) is 31.2 Å². The molecule has 4 rings (SSSR count). The Morgan fingerprint density at radius 2 is 1.93 bits per heavy atom. The minimum absolute atomic E-state index is 0.104. The molecule has 2 unspecified atom stereocenters. The van der Waals surface area contributed by atoms with Crippen molar-refractivity contribution in [2.24, 2.45) is 5.92 Å². The lowest BCUT2D eigenvalue weighted by molar-refractivity contribution is -0.141. The summed E-state index contributed by atoms with van der Waals surface area (Å²) in [6, 6.07) is 3.39. The number of thiazole rings is 1. The first-order valence-corrected chi connectivity index (χ1v) is 9.42. The number of rotatable bonds is 3. The maximum Gasteiger partial charge on any atom is 0.435 e. The molecule has 0 N–H and O–H groups in total. The molecule has 0 aromatic carbocycles. The molecule has 2 atom stereocenters. The maximum atomic E-state index is 13.5. The summed E-state index contributed by atoms with van der Waals surface area (Å²) in [5.41, 5.74) is -2.50. The molecule has 0 saturated heterocycles. The van der Waals surface area contributed by atoms with Crippen LogP contribution in [0.5, 0.6) is 0 Å². The van der Waals surface area contributed by atoms with Crippen LogP contribution in [-0.4, -0.2) is 19.2 Å². The van der Waals surface area contributed by atoms with Gasteiger partial charge in [0.05, 0.1) is 29.9 Å². The normalized spacial score (nSPS) is 19.3. The highest BCUT2D eigenvalue weighted by atomic mass is 35.5. The Labute approximate surface area is 171 Å².